The minimum absolute atomic E-state index is 0.00887. The summed E-state index contributed by atoms with van der Waals surface area (Å²) in [5, 5.41) is 14.8. The van der Waals surface area contributed by atoms with Crippen LogP contribution in [0.4, 0.5) is 11.4 Å². The number of nitrogens with zero attached hydrogens (tertiary/aromatic N) is 1. The van der Waals surface area contributed by atoms with E-state index in [2.05, 4.69) is 26.1 Å². The monoisotopic (exact) mass is 557 g/mol. The molecule has 3 aliphatic carbocycles. The molecule has 6 rings (SSSR count). The molecule has 11 heteroatoms. The Morgan fingerprint density at radius 3 is 2.41 bits per heavy atom. The van der Waals surface area contributed by atoms with Gasteiger partial charge in [0.25, 0.3) is 21.6 Å². The lowest BCUT2D eigenvalue weighted by molar-refractivity contribution is -0.384. The average molecular weight is 558 g/mol. The first-order chi connectivity index (χ1) is 18.5. The third-order valence-corrected chi connectivity index (χ3v) is 10.3. The van der Waals surface area contributed by atoms with Crippen LogP contribution in [-0.2, 0) is 14.8 Å². The molecule has 210 valence electrons. The predicted molar refractivity (Wildman–Crippen MR) is 145 cm³/mol. The number of nitrogens with one attached hydrogen (secondary N) is 2. The summed E-state index contributed by atoms with van der Waals surface area (Å²) in [4.78, 5) is 23.4. The van der Waals surface area contributed by atoms with Crippen molar-refractivity contribution < 1.29 is 27.6 Å². The number of rotatable bonds is 8. The Labute approximate surface area is 228 Å². The maximum atomic E-state index is 12.9. The molecule has 4 atom stereocenters. The van der Waals surface area contributed by atoms with Crippen LogP contribution in [0.1, 0.15) is 56.8 Å². The first-order valence-electron chi connectivity index (χ1n) is 13.4. The minimum Gasteiger partial charge on any atom is -0.490 e. The van der Waals surface area contributed by atoms with Crippen molar-refractivity contribution in [2.75, 3.05) is 18.5 Å². The zero-order chi connectivity index (χ0) is 27.9. The molecule has 1 heterocycles. The molecule has 0 radical (unpaired) electrons. The summed E-state index contributed by atoms with van der Waals surface area (Å²) in [5.41, 5.74) is 0.338. The molecule has 2 aromatic rings. The van der Waals surface area contributed by atoms with Gasteiger partial charge in [-0.1, -0.05) is 20.8 Å². The molecule has 4 fully saturated rings. The van der Waals surface area contributed by atoms with Crippen molar-refractivity contribution in [2.45, 2.75) is 63.5 Å². The summed E-state index contributed by atoms with van der Waals surface area (Å²) in [7, 11) is -4.35. The highest BCUT2D eigenvalue weighted by molar-refractivity contribution is 7.90. The van der Waals surface area contributed by atoms with Gasteiger partial charge in [-0.3, -0.25) is 14.9 Å². The molecule has 1 saturated heterocycles. The van der Waals surface area contributed by atoms with E-state index in [9.17, 15) is 23.3 Å². The number of benzene rings is 2. The summed E-state index contributed by atoms with van der Waals surface area (Å²) in [5.74, 6) is 1.53. The van der Waals surface area contributed by atoms with Crippen molar-refractivity contribution >= 4 is 27.3 Å². The van der Waals surface area contributed by atoms with Gasteiger partial charge in [-0.2, -0.15) is 0 Å². The third-order valence-electron chi connectivity index (χ3n) is 8.97. The first-order valence-corrected chi connectivity index (χ1v) is 14.9. The second kappa shape index (κ2) is 10.4. The van der Waals surface area contributed by atoms with Gasteiger partial charge in [-0.05, 0) is 85.3 Å². The summed E-state index contributed by atoms with van der Waals surface area (Å²) < 4.78 is 39.4. The van der Waals surface area contributed by atoms with Crippen molar-refractivity contribution in [2.24, 2.45) is 23.2 Å². The van der Waals surface area contributed by atoms with Crippen LogP contribution in [0.15, 0.2) is 47.4 Å². The van der Waals surface area contributed by atoms with E-state index in [0.717, 1.165) is 12.5 Å². The standard InChI is InChI=1S/C28H35N3O7S/c1-17-23-14-19(28(23,2)3)15-26(17)38-21-6-4-18(5-7-21)27(32)30-39(35,36)22-8-9-24(25(16-22)31(33)34)29-20-10-12-37-13-11-20/h4-9,16-17,19-20,23,26,29H,10-15H2,1-3H3,(H,30,32)/t17-,19+,23-,26-/m1/s1. The number of carbonyl (C=O) groups is 1. The summed E-state index contributed by atoms with van der Waals surface area (Å²) >= 11 is 0. The summed E-state index contributed by atoms with van der Waals surface area (Å²) in [6, 6.07) is 9.93. The topological polar surface area (TPSA) is 137 Å². The van der Waals surface area contributed by atoms with Crippen LogP contribution in [0.2, 0.25) is 0 Å². The molecule has 2 aromatic carbocycles. The summed E-state index contributed by atoms with van der Waals surface area (Å²) in [6.07, 6.45) is 3.74. The molecular formula is C28H35N3O7S. The quantitative estimate of drug-likeness (QED) is 0.350. The van der Waals surface area contributed by atoms with Gasteiger partial charge in [0, 0.05) is 30.9 Å². The molecule has 39 heavy (non-hydrogen) atoms. The Hall–Kier alpha value is -3.18. The fraction of sp³-hybridized carbons (Fsp3) is 0.536. The van der Waals surface area contributed by atoms with Crippen molar-refractivity contribution in [3.05, 3.63) is 58.1 Å². The normalized spacial score (nSPS) is 26.2. The molecule has 0 spiro atoms. The first kappa shape index (κ1) is 27.4. The molecule has 4 aliphatic rings. The number of ether oxygens (including phenoxy) is 2. The second-order valence-electron chi connectivity index (χ2n) is 11.5. The van der Waals surface area contributed by atoms with Gasteiger partial charge in [-0.25, -0.2) is 13.1 Å². The molecule has 1 aliphatic heterocycles. The predicted octanol–water partition coefficient (Wildman–Crippen LogP) is 4.75. The molecule has 0 aromatic heterocycles. The van der Waals surface area contributed by atoms with Crippen molar-refractivity contribution in [1.82, 2.24) is 4.72 Å². The van der Waals surface area contributed by atoms with Gasteiger partial charge in [-0.15, -0.1) is 0 Å². The van der Waals surface area contributed by atoms with E-state index in [0.29, 0.717) is 55.0 Å². The van der Waals surface area contributed by atoms with Gasteiger partial charge in [0.05, 0.1) is 9.82 Å². The van der Waals surface area contributed by atoms with Crippen molar-refractivity contribution in [3.8, 4) is 5.75 Å². The number of nitro benzene ring substituents is 1. The molecule has 10 nitrogen and oxygen atoms in total. The Kier molecular flexibility index (Phi) is 7.32. The van der Waals surface area contributed by atoms with E-state index < -0.39 is 20.9 Å². The highest BCUT2D eigenvalue weighted by atomic mass is 32.2. The number of carbonyl (C=O) groups excluding carboxylic acids is 1. The lowest BCUT2D eigenvalue weighted by Gasteiger charge is -2.61. The van der Waals surface area contributed by atoms with Gasteiger partial charge in [0.1, 0.15) is 17.5 Å². The molecule has 0 unspecified atom stereocenters. The fourth-order valence-electron chi connectivity index (χ4n) is 6.37. The largest absolute Gasteiger partial charge is 0.490 e. The molecule has 2 bridgehead atoms. The fourth-order valence-corrected chi connectivity index (χ4v) is 7.36. The Morgan fingerprint density at radius 1 is 1.10 bits per heavy atom. The van der Waals surface area contributed by atoms with E-state index in [4.69, 9.17) is 9.47 Å². The summed E-state index contributed by atoms with van der Waals surface area (Å²) in [6.45, 7) is 8.00. The van der Waals surface area contributed by atoms with Gasteiger partial charge < -0.3 is 14.8 Å². The number of hydrogen-bond acceptors (Lipinski definition) is 8. The molecule has 1 amide bonds. The average Bonchev–Trinajstić information content (AvgIpc) is 2.90. The number of anilines is 1. The van der Waals surface area contributed by atoms with Crippen LogP contribution >= 0.6 is 0 Å². The maximum Gasteiger partial charge on any atom is 0.293 e. The molecular weight excluding hydrogens is 522 g/mol. The van der Waals surface area contributed by atoms with E-state index in [1.54, 1.807) is 12.1 Å². The van der Waals surface area contributed by atoms with Crippen LogP contribution in [0, 0.1) is 33.3 Å². The minimum atomic E-state index is -4.35. The smallest absolute Gasteiger partial charge is 0.293 e. The third kappa shape index (κ3) is 5.47. The lowest BCUT2D eigenvalue weighted by atomic mass is 9.45. The van der Waals surface area contributed by atoms with E-state index in [-0.39, 0.29) is 34.0 Å². The highest BCUT2D eigenvalue weighted by Crippen LogP contribution is 2.61. The number of sulfonamides is 1. The van der Waals surface area contributed by atoms with Crippen LogP contribution in [-0.4, -0.2) is 44.6 Å². The van der Waals surface area contributed by atoms with E-state index in [1.807, 2.05) is 4.72 Å². The van der Waals surface area contributed by atoms with E-state index in [1.165, 1.54) is 30.7 Å². The van der Waals surface area contributed by atoms with Crippen molar-refractivity contribution in [1.29, 1.82) is 0 Å². The number of fused-ring (bicyclic) bond motifs is 2. The Morgan fingerprint density at radius 2 is 1.79 bits per heavy atom. The Balaban J connectivity index is 1.24. The van der Waals surface area contributed by atoms with Crippen LogP contribution < -0.4 is 14.8 Å². The SMILES string of the molecule is C[C@@H]1[C@H]2C[C@@H](C[C@H]1Oc1ccc(C(=O)NS(=O)(=O)c3ccc(NC4CCOCC4)c([N+](=O)[O-])c3)cc1)C2(C)C. The second-order valence-corrected chi connectivity index (χ2v) is 13.2. The highest BCUT2D eigenvalue weighted by Gasteiger charge is 2.57. The van der Waals surface area contributed by atoms with Gasteiger partial charge in [0.2, 0.25) is 0 Å². The lowest BCUT2D eigenvalue weighted by Crippen LogP contribution is -2.57. The van der Waals surface area contributed by atoms with Crippen molar-refractivity contribution in [3.63, 3.8) is 0 Å². The number of amides is 1. The Bertz CT molecular complexity index is 1350. The van der Waals surface area contributed by atoms with Gasteiger partial charge >= 0.3 is 0 Å². The van der Waals surface area contributed by atoms with E-state index >= 15 is 0 Å². The van der Waals surface area contributed by atoms with Gasteiger partial charge in [0.15, 0.2) is 0 Å². The zero-order valence-electron chi connectivity index (χ0n) is 22.4. The van der Waals surface area contributed by atoms with Crippen LogP contribution in [0.3, 0.4) is 0 Å². The number of nitro groups is 1. The molecule has 3 saturated carbocycles. The zero-order valence-corrected chi connectivity index (χ0v) is 23.2. The molecule has 2 N–H and O–H groups in total. The maximum absolute atomic E-state index is 12.9. The number of hydrogen-bond donors (Lipinski definition) is 2. The van der Waals surface area contributed by atoms with Crippen LogP contribution in [0.25, 0.3) is 0 Å². The van der Waals surface area contributed by atoms with Crippen LogP contribution in [0.5, 0.6) is 5.75 Å².